The van der Waals surface area contributed by atoms with Gasteiger partial charge in [0.15, 0.2) is 0 Å². The fourth-order valence-corrected chi connectivity index (χ4v) is 2.96. The molecule has 0 aromatic heterocycles. The third kappa shape index (κ3) is 1.28. The normalized spacial score (nSPS) is 22.6. The quantitative estimate of drug-likeness (QED) is 0.677. The minimum atomic E-state index is -0.264. The van der Waals surface area contributed by atoms with Crippen LogP contribution in [-0.2, 0) is 16.8 Å². The van der Waals surface area contributed by atoms with Crippen molar-refractivity contribution in [2.75, 3.05) is 13.1 Å². The van der Waals surface area contributed by atoms with Gasteiger partial charge in [0.25, 0.3) is 0 Å². The summed E-state index contributed by atoms with van der Waals surface area (Å²) in [6.45, 7) is 2.55. The maximum absolute atomic E-state index is 12.2. The molecule has 3 nitrogen and oxygen atoms in total. The zero-order chi connectivity index (χ0) is 11.0. The number of carbonyl (C=O) groups is 1. The average molecular weight is 216 g/mol. The average Bonchev–Trinajstić information content (AvgIpc) is 2.36. The predicted octanol–water partition coefficient (Wildman–Crippen LogP) is 0.938. The standard InChI is InChI=1S/C13H16N2O/c16-12-13(5-7-14-8-6-13)11-4-2-1-3-10(11)9-15-12/h1-4,14H,5-9H2,(H,15,16). The summed E-state index contributed by atoms with van der Waals surface area (Å²) in [7, 11) is 0. The van der Waals surface area contributed by atoms with Gasteiger partial charge >= 0.3 is 0 Å². The van der Waals surface area contributed by atoms with E-state index in [-0.39, 0.29) is 11.3 Å². The number of hydrogen-bond donors (Lipinski definition) is 2. The molecule has 0 radical (unpaired) electrons. The van der Waals surface area contributed by atoms with Crippen molar-refractivity contribution < 1.29 is 4.79 Å². The smallest absolute Gasteiger partial charge is 0.231 e. The third-order valence-electron chi connectivity index (χ3n) is 3.86. The zero-order valence-electron chi connectivity index (χ0n) is 9.25. The Labute approximate surface area is 95.2 Å². The SMILES string of the molecule is O=C1NCc2ccccc2C12CCNCC2. The number of amides is 1. The van der Waals surface area contributed by atoms with Gasteiger partial charge in [-0.1, -0.05) is 24.3 Å². The Morgan fingerprint density at radius 1 is 1.12 bits per heavy atom. The molecule has 1 saturated heterocycles. The van der Waals surface area contributed by atoms with Crippen LogP contribution in [0.3, 0.4) is 0 Å². The first-order valence-electron chi connectivity index (χ1n) is 5.90. The number of piperidine rings is 1. The van der Waals surface area contributed by atoms with E-state index >= 15 is 0 Å². The summed E-state index contributed by atoms with van der Waals surface area (Å²) in [4.78, 5) is 12.2. The number of hydrogen-bond acceptors (Lipinski definition) is 2. The van der Waals surface area contributed by atoms with Crippen molar-refractivity contribution in [3.8, 4) is 0 Å². The van der Waals surface area contributed by atoms with Crippen LogP contribution >= 0.6 is 0 Å². The predicted molar refractivity (Wildman–Crippen MR) is 62.1 cm³/mol. The van der Waals surface area contributed by atoms with Crippen LogP contribution in [0.15, 0.2) is 24.3 Å². The highest BCUT2D eigenvalue weighted by Gasteiger charge is 2.44. The Morgan fingerprint density at radius 3 is 2.69 bits per heavy atom. The molecule has 2 N–H and O–H groups in total. The Bertz CT molecular complexity index is 422. The molecule has 0 atom stereocenters. The summed E-state index contributed by atoms with van der Waals surface area (Å²) in [5, 5.41) is 6.36. The maximum Gasteiger partial charge on any atom is 0.231 e. The van der Waals surface area contributed by atoms with Crippen molar-refractivity contribution in [2.45, 2.75) is 24.8 Å². The van der Waals surface area contributed by atoms with Gasteiger partial charge in [0.05, 0.1) is 5.41 Å². The highest BCUT2D eigenvalue weighted by atomic mass is 16.2. The molecular weight excluding hydrogens is 200 g/mol. The Balaban J connectivity index is 2.12. The number of fused-ring (bicyclic) bond motifs is 2. The van der Waals surface area contributed by atoms with Gasteiger partial charge in [-0.15, -0.1) is 0 Å². The molecule has 3 rings (SSSR count). The first-order chi connectivity index (χ1) is 7.83. The molecule has 2 heterocycles. The lowest BCUT2D eigenvalue weighted by Crippen LogP contribution is -2.53. The Hall–Kier alpha value is -1.35. The van der Waals surface area contributed by atoms with Crippen molar-refractivity contribution in [3.63, 3.8) is 0 Å². The molecule has 2 aliphatic heterocycles. The van der Waals surface area contributed by atoms with Crippen LogP contribution in [0, 0.1) is 0 Å². The summed E-state index contributed by atoms with van der Waals surface area (Å²) in [6, 6.07) is 8.34. The molecule has 1 aromatic carbocycles. The van der Waals surface area contributed by atoms with Crippen LogP contribution in [0.2, 0.25) is 0 Å². The summed E-state index contributed by atoms with van der Waals surface area (Å²) in [6.07, 6.45) is 1.83. The number of rotatable bonds is 0. The molecule has 0 saturated carbocycles. The Kier molecular flexibility index (Phi) is 2.21. The molecule has 1 spiro atoms. The number of benzene rings is 1. The van der Waals surface area contributed by atoms with Gasteiger partial charge in [-0.05, 0) is 37.1 Å². The van der Waals surface area contributed by atoms with Crippen LogP contribution < -0.4 is 10.6 Å². The van der Waals surface area contributed by atoms with E-state index in [1.54, 1.807) is 0 Å². The molecule has 0 aliphatic carbocycles. The second-order valence-electron chi connectivity index (χ2n) is 4.67. The fourth-order valence-electron chi connectivity index (χ4n) is 2.96. The molecule has 1 fully saturated rings. The van der Waals surface area contributed by atoms with Crippen LogP contribution in [-0.4, -0.2) is 19.0 Å². The van der Waals surface area contributed by atoms with E-state index in [4.69, 9.17) is 0 Å². The molecule has 0 unspecified atom stereocenters. The monoisotopic (exact) mass is 216 g/mol. The van der Waals surface area contributed by atoms with E-state index in [1.807, 2.05) is 12.1 Å². The highest BCUT2D eigenvalue weighted by Crippen LogP contribution is 2.38. The molecule has 1 aromatic rings. The summed E-state index contributed by atoms with van der Waals surface area (Å²) >= 11 is 0. The van der Waals surface area contributed by atoms with E-state index in [0.29, 0.717) is 6.54 Å². The van der Waals surface area contributed by atoms with Crippen molar-refractivity contribution in [1.29, 1.82) is 0 Å². The minimum Gasteiger partial charge on any atom is -0.351 e. The van der Waals surface area contributed by atoms with Gasteiger partial charge < -0.3 is 10.6 Å². The van der Waals surface area contributed by atoms with Crippen molar-refractivity contribution >= 4 is 5.91 Å². The molecular formula is C13H16N2O. The molecule has 84 valence electrons. The maximum atomic E-state index is 12.2. The van der Waals surface area contributed by atoms with Crippen molar-refractivity contribution in [2.24, 2.45) is 0 Å². The molecule has 16 heavy (non-hydrogen) atoms. The topological polar surface area (TPSA) is 41.1 Å². The third-order valence-corrected chi connectivity index (χ3v) is 3.86. The van der Waals surface area contributed by atoms with Crippen LogP contribution in [0.4, 0.5) is 0 Å². The van der Waals surface area contributed by atoms with Gasteiger partial charge in [-0.25, -0.2) is 0 Å². The van der Waals surface area contributed by atoms with Crippen LogP contribution in [0.5, 0.6) is 0 Å². The van der Waals surface area contributed by atoms with Gasteiger partial charge in [0.2, 0.25) is 5.91 Å². The van der Waals surface area contributed by atoms with Gasteiger partial charge in [-0.3, -0.25) is 4.79 Å². The van der Waals surface area contributed by atoms with Gasteiger partial charge in [0.1, 0.15) is 0 Å². The minimum absolute atomic E-state index is 0.215. The first kappa shape index (κ1) is 9.85. The van der Waals surface area contributed by atoms with E-state index in [1.165, 1.54) is 11.1 Å². The van der Waals surface area contributed by atoms with Crippen molar-refractivity contribution in [3.05, 3.63) is 35.4 Å². The van der Waals surface area contributed by atoms with Crippen molar-refractivity contribution in [1.82, 2.24) is 10.6 Å². The second-order valence-corrected chi connectivity index (χ2v) is 4.67. The number of nitrogens with one attached hydrogen (secondary N) is 2. The van der Waals surface area contributed by atoms with Crippen LogP contribution in [0.25, 0.3) is 0 Å². The summed E-state index contributed by atoms with van der Waals surface area (Å²) < 4.78 is 0. The Morgan fingerprint density at radius 2 is 1.88 bits per heavy atom. The lowest BCUT2D eigenvalue weighted by atomic mass is 9.69. The van der Waals surface area contributed by atoms with E-state index in [2.05, 4.69) is 22.8 Å². The van der Waals surface area contributed by atoms with E-state index < -0.39 is 0 Å². The van der Waals surface area contributed by atoms with E-state index in [0.717, 1.165) is 25.9 Å². The molecule has 3 heteroatoms. The number of carbonyl (C=O) groups excluding carboxylic acids is 1. The lowest BCUT2D eigenvalue weighted by Gasteiger charge is -2.40. The highest BCUT2D eigenvalue weighted by molar-refractivity contribution is 5.90. The zero-order valence-corrected chi connectivity index (χ0v) is 9.25. The largest absolute Gasteiger partial charge is 0.351 e. The second kappa shape index (κ2) is 3.59. The fraction of sp³-hybridized carbons (Fsp3) is 0.462. The van der Waals surface area contributed by atoms with Crippen LogP contribution in [0.1, 0.15) is 24.0 Å². The van der Waals surface area contributed by atoms with E-state index in [9.17, 15) is 4.79 Å². The molecule has 0 bridgehead atoms. The van der Waals surface area contributed by atoms with Gasteiger partial charge in [0, 0.05) is 6.54 Å². The van der Waals surface area contributed by atoms with Gasteiger partial charge in [-0.2, -0.15) is 0 Å². The first-order valence-corrected chi connectivity index (χ1v) is 5.90. The lowest BCUT2D eigenvalue weighted by molar-refractivity contribution is -0.128. The summed E-state index contributed by atoms with van der Waals surface area (Å²) in [5.41, 5.74) is 2.27. The summed E-state index contributed by atoms with van der Waals surface area (Å²) in [5.74, 6) is 0.215. The molecule has 2 aliphatic rings. The molecule has 1 amide bonds.